The van der Waals surface area contributed by atoms with Gasteiger partial charge in [-0.2, -0.15) is 0 Å². The maximum absolute atomic E-state index is 13.5. The highest BCUT2D eigenvalue weighted by Gasteiger charge is 2.37. The number of nitrogens with zero attached hydrogens (tertiary/aromatic N) is 1. The molecule has 0 aliphatic carbocycles. The van der Waals surface area contributed by atoms with Gasteiger partial charge in [-0.05, 0) is 61.9 Å². The van der Waals surface area contributed by atoms with Gasteiger partial charge in [-0.15, -0.1) is 0 Å². The summed E-state index contributed by atoms with van der Waals surface area (Å²) in [5, 5.41) is 3.08. The van der Waals surface area contributed by atoms with Crippen LogP contribution in [0.4, 0.5) is 11.4 Å². The number of methoxy groups -OCH3 is 1. The molecule has 9 heteroatoms. The van der Waals surface area contributed by atoms with Crippen LogP contribution in [0.25, 0.3) is 0 Å². The number of anilines is 2. The average Bonchev–Trinajstić information content (AvgIpc) is 2.78. The monoisotopic (exact) mass is 486 g/mol. The van der Waals surface area contributed by atoms with Crippen LogP contribution in [0.2, 0.25) is 5.02 Å². The Labute approximate surface area is 197 Å². The number of fused-ring (bicyclic) bond motifs is 1. The molecule has 0 bridgehead atoms. The molecular formula is C24H23ClN2O5S. The second-order valence-electron chi connectivity index (χ2n) is 7.77. The minimum atomic E-state index is -3.93. The zero-order valence-electron chi connectivity index (χ0n) is 18.3. The van der Waals surface area contributed by atoms with Crippen LogP contribution in [0, 0.1) is 13.8 Å². The Balaban J connectivity index is 1.67. The van der Waals surface area contributed by atoms with E-state index in [0.717, 1.165) is 11.1 Å². The predicted octanol–water partition coefficient (Wildman–Crippen LogP) is 4.56. The number of sulfonamides is 1. The molecule has 1 aliphatic rings. The molecule has 172 valence electrons. The zero-order chi connectivity index (χ0) is 23.8. The maximum Gasteiger partial charge on any atom is 0.267 e. The second kappa shape index (κ2) is 8.96. The SMILES string of the molecule is COc1ccc(NC(=O)C2CN(S(=O)(=O)c3ccc(C)cc3)c3cc(C)ccc3O2)cc1Cl. The van der Waals surface area contributed by atoms with Crippen LogP contribution in [-0.2, 0) is 14.8 Å². The van der Waals surface area contributed by atoms with Crippen LogP contribution < -0.4 is 19.1 Å². The van der Waals surface area contributed by atoms with E-state index in [1.54, 1.807) is 60.7 Å². The van der Waals surface area contributed by atoms with Crippen molar-refractivity contribution in [2.75, 3.05) is 23.3 Å². The molecule has 33 heavy (non-hydrogen) atoms. The second-order valence-corrected chi connectivity index (χ2v) is 10.0. The summed E-state index contributed by atoms with van der Waals surface area (Å²) < 4.78 is 39.3. The number of amides is 1. The topological polar surface area (TPSA) is 84.9 Å². The van der Waals surface area contributed by atoms with Gasteiger partial charge in [0.15, 0.2) is 6.10 Å². The van der Waals surface area contributed by atoms with Gasteiger partial charge in [0.05, 0.1) is 29.3 Å². The molecule has 0 saturated carbocycles. The largest absolute Gasteiger partial charge is 0.495 e. The van der Waals surface area contributed by atoms with Gasteiger partial charge < -0.3 is 14.8 Å². The third-order valence-electron chi connectivity index (χ3n) is 5.30. The normalized spacial score (nSPS) is 15.4. The molecular weight excluding hydrogens is 464 g/mol. The summed E-state index contributed by atoms with van der Waals surface area (Å²) in [6, 6.07) is 16.6. The number of aryl methyl sites for hydroxylation is 2. The van der Waals surface area contributed by atoms with E-state index in [-0.39, 0.29) is 11.4 Å². The van der Waals surface area contributed by atoms with Crippen molar-refractivity contribution in [3.8, 4) is 11.5 Å². The molecule has 1 N–H and O–H groups in total. The quantitative estimate of drug-likeness (QED) is 0.571. The van der Waals surface area contributed by atoms with Crippen LogP contribution in [0.15, 0.2) is 65.6 Å². The fraction of sp³-hybridized carbons (Fsp3) is 0.208. The predicted molar refractivity (Wildman–Crippen MR) is 128 cm³/mol. The summed E-state index contributed by atoms with van der Waals surface area (Å²) in [4.78, 5) is 13.2. The number of carbonyl (C=O) groups is 1. The van der Waals surface area contributed by atoms with Gasteiger partial charge in [0.1, 0.15) is 11.5 Å². The summed E-state index contributed by atoms with van der Waals surface area (Å²) in [6.07, 6.45) is -1.07. The van der Waals surface area contributed by atoms with E-state index in [9.17, 15) is 13.2 Å². The number of carbonyl (C=O) groups excluding carboxylic acids is 1. The van der Waals surface area contributed by atoms with E-state index in [2.05, 4.69) is 5.32 Å². The van der Waals surface area contributed by atoms with Crippen molar-refractivity contribution < 1.29 is 22.7 Å². The Hall–Kier alpha value is -3.23. The van der Waals surface area contributed by atoms with Crippen molar-refractivity contribution in [1.29, 1.82) is 0 Å². The number of hydrogen-bond donors (Lipinski definition) is 1. The fourth-order valence-corrected chi connectivity index (χ4v) is 5.26. The number of hydrogen-bond acceptors (Lipinski definition) is 5. The smallest absolute Gasteiger partial charge is 0.267 e. The molecule has 0 aromatic heterocycles. The standard InChI is InChI=1S/C24H23ClN2O5S/c1-15-4-8-18(9-5-15)33(29,30)27-14-23(32-22-10-6-16(2)12-20(22)27)24(28)26-17-7-11-21(31-3)19(25)13-17/h4-13,23H,14H2,1-3H3,(H,26,28). The van der Waals surface area contributed by atoms with E-state index in [1.165, 1.54) is 11.4 Å². The molecule has 1 heterocycles. The molecule has 1 atom stereocenters. The van der Waals surface area contributed by atoms with E-state index < -0.39 is 22.0 Å². The number of halogens is 1. The van der Waals surface area contributed by atoms with Gasteiger partial charge in [0, 0.05) is 5.69 Å². The highest BCUT2D eigenvalue weighted by molar-refractivity contribution is 7.92. The van der Waals surface area contributed by atoms with Crippen molar-refractivity contribution in [3.05, 3.63) is 76.8 Å². The molecule has 1 unspecified atom stereocenters. The summed E-state index contributed by atoms with van der Waals surface area (Å²) in [7, 11) is -2.43. The van der Waals surface area contributed by atoms with Gasteiger partial charge in [-0.25, -0.2) is 8.42 Å². The van der Waals surface area contributed by atoms with E-state index in [4.69, 9.17) is 21.1 Å². The average molecular weight is 487 g/mol. The van der Waals surface area contributed by atoms with Crippen molar-refractivity contribution in [3.63, 3.8) is 0 Å². The zero-order valence-corrected chi connectivity index (χ0v) is 19.9. The lowest BCUT2D eigenvalue weighted by Gasteiger charge is -2.35. The third-order valence-corrected chi connectivity index (χ3v) is 7.39. The minimum Gasteiger partial charge on any atom is -0.495 e. The maximum atomic E-state index is 13.5. The highest BCUT2D eigenvalue weighted by atomic mass is 35.5. The van der Waals surface area contributed by atoms with Gasteiger partial charge >= 0.3 is 0 Å². The molecule has 3 aromatic carbocycles. The molecule has 0 fully saturated rings. The van der Waals surface area contributed by atoms with Crippen LogP contribution in [0.5, 0.6) is 11.5 Å². The van der Waals surface area contributed by atoms with Crippen LogP contribution in [0.3, 0.4) is 0 Å². The Kier molecular flexibility index (Phi) is 6.23. The number of nitrogens with one attached hydrogen (secondary N) is 1. The van der Waals surface area contributed by atoms with Gasteiger partial charge in [0.2, 0.25) is 0 Å². The molecule has 4 rings (SSSR count). The number of rotatable bonds is 5. The highest BCUT2D eigenvalue weighted by Crippen LogP contribution is 2.38. The first-order chi connectivity index (χ1) is 15.7. The lowest BCUT2D eigenvalue weighted by molar-refractivity contribution is -0.122. The van der Waals surface area contributed by atoms with Gasteiger partial charge in [-0.1, -0.05) is 35.4 Å². The molecule has 0 radical (unpaired) electrons. The first-order valence-electron chi connectivity index (χ1n) is 10.2. The summed E-state index contributed by atoms with van der Waals surface area (Å²) in [5.74, 6) is 0.297. The Morgan fingerprint density at radius 1 is 1.06 bits per heavy atom. The van der Waals surface area contributed by atoms with E-state index in [1.807, 2.05) is 13.8 Å². The lowest BCUT2D eigenvalue weighted by Crippen LogP contribution is -2.48. The minimum absolute atomic E-state index is 0.142. The molecule has 7 nitrogen and oxygen atoms in total. The van der Waals surface area contributed by atoms with Gasteiger partial charge in [-0.3, -0.25) is 9.10 Å². The van der Waals surface area contributed by atoms with Gasteiger partial charge in [0.25, 0.3) is 15.9 Å². The van der Waals surface area contributed by atoms with Crippen LogP contribution >= 0.6 is 11.6 Å². The van der Waals surface area contributed by atoms with Crippen LogP contribution in [0.1, 0.15) is 11.1 Å². The van der Waals surface area contributed by atoms with Crippen molar-refractivity contribution in [1.82, 2.24) is 0 Å². The van der Waals surface area contributed by atoms with Crippen molar-refractivity contribution >= 4 is 38.9 Å². The summed E-state index contributed by atoms with van der Waals surface area (Å²) in [5.41, 5.74) is 2.66. The van der Waals surface area contributed by atoms with Crippen LogP contribution in [-0.4, -0.2) is 34.1 Å². The molecule has 1 amide bonds. The lowest BCUT2D eigenvalue weighted by atomic mass is 10.1. The van der Waals surface area contributed by atoms with Crippen molar-refractivity contribution in [2.45, 2.75) is 24.8 Å². The molecule has 0 spiro atoms. The summed E-state index contributed by atoms with van der Waals surface area (Å²) >= 11 is 6.15. The molecule has 1 aliphatic heterocycles. The fourth-order valence-electron chi connectivity index (χ4n) is 3.53. The Bertz CT molecular complexity index is 1310. The first-order valence-corrected chi connectivity index (χ1v) is 12.0. The van der Waals surface area contributed by atoms with Crippen molar-refractivity contribution in [2.24, 2.45) is 0 Å². The van der Waals surface area contributed by atoms with E-state index >= 15 is 0 Å². The number of ether oxygens (including phenoxy) is 2. The Morgan fingerprint density at radius 3 is 2.42 bits per heavy atom. The third kappa shape index (κ3) is 4.62. The Morgan fingerprint density at radius 2 is 1.76 bits per heavy atom. The number of benzene rings is 3. The first kappa shape index (κ1) is 22.9. The summed E-state index contributed by atoms with van der Waals surface area (Å²) in [6.45, 7) is 3.57. The van der Waals surface area contributed by atoms with E-state index in [0.29, 0.717) is 27.9 Å². The molecule has 0 saturated heterocycles. The molecule has 3 aromatic rings.